The molecule has 0 radical (unpaired) electrons. The molecule has 0 aliphatic carbocycles. The number of hydrogen-bond donors (Lipinski definition) is 3. The third-order valence-electron chi connectivity index (χ3n) is 3.90. The Hall–Kier alpha value is -2.54. The lowest BCUT2D eigenvalue weighted by Gasteiger charge is -2.19. The van der Waals surface area contributed by atoms with Gasteiger partial charge >= 0.3 is 11.9 Å². The fraction of sp³-hybridized carbons (Fsp3) is 0.500. The van der Waals surface area contributed by atoms with Crippen LogP contribution < -0.4 is 5.32 Å². The van der Waals surface area contributed by atoms with Gasteiger partial charge in [-0.05, 0) is 51.8 Å². The zero-order chi connectivity index (χ0) is 20.0. The molecule has 3 N–H and O–H groups in total. The zero-order valence-electron chi connectivity index (χ0n) is 16.7. The molecule has 0 amide bonds. The minimum absolute atomic E-state index is 0.268. The average molecular weight is 375 g/mol. The SMILES string of the molecule is CCOC(=O)c1c(CNCc2ccc[nH]2)[nH]c(C(=O)OC(C)(C)C)c1CC. The molecule has 0 saturated carbocycles. The highest BCUT2D eigenvalue weighted by atomic mass is 16.6. The molecule has 2 heterocycles. The zero-order valence-corrected chi connectivity index (χ0v) is 16.7. The summed E-state index contributed by atoms with van der Waals surface area (Å²) in [6.07, 6.45) is 2.36. The predicted octanol–water partition coefficient (Wildman–Crippen LogP) is 3.33. The van der Waals surface area contributed by atoms with Crippen molar-refractivity contribution in [2.45, 2.75) is 59.7 Å². The van der Waals surface area contributed by atoms with Crippen molar-refractivity contribution in [2.24, 2.45) is 0 Å². The Morgan fingerprint density at radius 3 is 2.44 bits per heavy atom. The van der Waals surface area contributed by atoms with E-state index in [1.165, 1.54) is 0 Å². The van der Waals surface area contributed by atoms with Gasteiger partial charge in [0.05, 0.1) is 12.2 Å². The van der Waals surface area contributed by atoms with Gasteiger partial charge in [-0.15, -0.1) is 0 Å². The summed E-state index contributed by atoms with van der Waals surface area (Å²) >= 11 is 0. The molecule has 2 aromatic heterocycles. The number of H-pyrrole nitrogens is 2. The van der Waals surface area contributed by atoms with E-state index in [9.17, 15) is 9.59 Å². The number of esters is 2. The normalized spacial score (nSPS) is 11.4. The van der Waals surface area contributed by atoms with Gasteiger partial charge in [0.1, 0.15) is 11.3 Å². The summed E-state index contributed by atoms with van der Waals surface area (Å²) in [5.74, 6) is -0.905. The number of rotatable bonds is 8. The van der Waals surface area contributed by atoms with E-state index in [2.05, 4.69) is 15.3 Å². The molecular weight excluding hydrogens is 346 g/mol. The maximum atomic E-state index is 12.6. The van der Waals surface area contributed by atoms with Crippen LogP contribution >= 0.6 is 0 Å². The van der Waals surface area contributed by atoms with E-state index < -0.39 is 17.5 Å². The van der Waals surface area contributed by atoms with Crippen LogP contribution in [0.3, 0.4) is 0 Å². The van der Waals surface area contributed by atoms with Crippen LogP contribution in [-0.2, 0) is 29.0 Å². The van der Waals surface area contributed by atoms with Crippen molar-refractivity contribution in [1.29, 1.82) is 0 Å². The highest BCUT2D eigenvalue weighted by molar-refractivity contribution is 5.98. The highest BCUT2D eigenvalue weighted by Crippen LogP contribution is 2.24. The van der Waals surface area contributed by atoms with E-state index in [-0.39, 0.29) is 6.61 Å². The van der Waals surface area contributed by atoms with Crippen LogP contribution in [-0.4, -0.2) is 34.1 Å². The van der Waals surface area contributed by atoms with Gasteiger partial charge in [0.2, 0.25) is 0 Å². The molecule has 0 saturated heterocycles. The highest BCUT2D eigenvalue weighted by Gasteiger charge is 2.28. The van der Waals surface area contributed by atoms with Crippen LogP contribution in [0.15, 0.2) is 18.3 Å². The van der Waals surface area contributed by atoms with Gasteiger partial charge in [-0.1, -0.05) is 6.92 Å². The molecule has 0 unspecified atom stereocenters. The fourth-order valence-electron chi connectivity index (χ4n) is 2.83. The summed E-state index contributed by atoms with van der Waals surface area (Å²) in [6, 6.07) is 3.89. The lowest BCUT2D eigenvalue weighted by atomic mass is 10.1. The monoisotopic (exact) mass is 375 g/mol. The van der Waals surface area contributed by atoms with E-state index >= 15 is 0 Å². The molecule has 0 spiro atoms. The standard InChI is InChI=1S/C20H29N3O4/c1-6-14-16(18(24)26-7-2)15(12-21-11-13-9-8-10-22-13)23-17(14)19(25)27-20(3,4)5/h8-10,21-23H,6-7,11-12H2,1-5H3. The van der Waals surface area contributed by atoms with Crippen LogP contribution in [0, 0.1) is 0 Å². The topological polar surface area (TPSA) is 96.2 Å². The van der Waals surface area contributed by atoms with Crippen molar-refractivity contribution in [3.63, 3.8) is 0 Å². The van der Waals surface area contributed by atoms with Gasteiger partial charge in [0.15, 0.2) is 0 Å². The molecule has 2 aromatic rings. The van der Waals surface area contributed by atoms with Gasteiger partial charge < -0.3 is 24.8 Å². The summed E-state index contributed by atoms with van der Waals surface area (Å²) in [5, 5.41) is 3.27. The van der Waals surface area contributed by atoms with Crippen LogP contribution in [0.4, 0.5) is 0 Å². The Morgan fingerprint density at radius 1 is 1.15 bits per heavy atom. The van der Waals surface area contributed by atoms with Gasteiger partial charge in [-0.25, -0.2) is 9.59 Å². The summed E-state index contributed by atoms with van der Waals surface area (Å²) in [5.41, 5.74) is 2.38. The van der Waals surface area contributed by atoms with Crippen molar-refractivity contribution in [3.05, 3.63) is 46.5 Å². The third kappa shape index (κ3) is 5.47. The first-order chi connectivity index (χ1) is 12.8. The van der Waals surface area contributed by atoms with Crippen molar-refractivity contribution in [2.75, 3.05) is 6.61 Å². The van der Waals surface area contributed by atoms with E-state index in [0.29, 0.717) is 42.0 Å². The second-order valence-electron chi connectivity index (χ2n) is 7.21. The Labute approximate surface area is 159 Å². The Morgan fingerprint density at radius 2 is 1.89 bits per heavy atom. The second-order valence-corrected chi connectivity index (χ2v) is 7.21. The molecule has 148 valence electrons. The van der Waals surface area contributed by atoms with Crippen molar-refractivity contribution in [3.8, 4) is 0 Å². The van der Waals surface area contributed by atoms with Gasteiger partial charge in [0, 0.05) is 30.7 Å². The number of aromatic nitrogens is 2. The first kappa shape index (κ1) is 20.8. The second kappa shape index (κ2) is 8.90. The van der Waals surface area contributed by atoms with E-state index in [1.807, 2.05) is 46.0 Å². The number of carbonyl (C=O) groups is 2. The molecule has 0 aliphatic rings. The lowest BCUT2D eigenvalue weighted by Crippen LogP contribution is -2.24. The minimum atomic E-state index is -0.622. The van der Waals surface area contributed by atoms with Gasteiger partial charge in [-0.2, -0.15) is 0 Å². The molecule has 0 aliphatic heterocycles. The minimum Gasteiger partial charge on any atom is -0.462 e. The third-order valence-corrected chi connectivity index (χ3v) is 3.90. The first-order valence-corrected chi connectivity index (χ1v) is 9.24. The smallest absolute Gasteiger partial charge is 0.355 e. The van der Waals surface area contributed by atoms with Crippen LogP contribution in [0.1, 0.15) is 72.4 Å². The number of ether oxygens (including phenoxy) is 2. The molecule has 0 fully saturated rings. The molecule has 0 bridgehead atoms. The van der Waals surface area contributed by atoms with Crippen LogP contribution in [0.2, 0.25) is 0 Å². The molecule has 0 atom stereocenters. The molecular formula is C20H29N3O4. The van der Waals surface area contributed by atoms with E-state index in [1.54, 1.807) is 6.92 Å². The molecule has 0 aromatic carbocycles. The summed E-state index contributed by atoms with van der Waals surface area (Å²) in [7, 11) is 0. The van der Waals surface area contributed by atoms with Gasteiger partial charge in [0.25, 0.3) is 0 Å². The Balaban J connectivity index is 2.31. The van der Waals surface area contributed by atoms with Crippen molar-refractivity contribution in [1.82, 2.24) is 15.3 Å². The number of carbonyl (C=O) groups excluding carboxylic acids is 2. The summed E-state index contributed by atoms with van der Waals surface area (Å²) in [6.45, 7) is 10.4. The summed E-state index contributed by atoms with van der Waals surface area (Å²) in [4.78, 5) is 31.4. The number of aromatic amines is 2. The number of nitrogens with one attached hydrogen (secondary N) is 3. The van der Waals surface area contributed by atoms with E-state index in [4.69, 9.17) is 9.47 Å². The molecule has 7 nitrogen and oxygen atoms in total. The Bertz CT molecular complexity index is 770. The van der Waals surface area contributed by atoms with E-state index in [0.717, 1.165) is 5.69 Å². The molecule has 7 heteroatoms. The van der Waals surface area contributed by atoms with Crippen LogP contribution in [0.5, 0.6) is 0 Å². The largest absolute Gasteiger partial charge is 0.462 e. The maximum Gasteiger partial charge on any atom is 0.355 e. The summed E-state index contributed by atoms with van der Waals surface area (Å²) < 4.78 is 10.7. The maximum absolute atomic E-state index is 12.6. The predicted molar refractivity (Wildman–Crippen MR) is 103 cm³/mol. The fourth-order valence-corrected chi connectivity index (χ4v) is 2.83. The average Bonchev–Trinajstić information content (AvgIpc) is 3.20. The first-order valence-electron chi connectivity index (χ1n) is 9.24. The molecule has 2 rings (SSSR count). The number of hydrogen-bond acceptors (Lipinski definition) is 5. The van der Waals surface area contributed by atoms with Crippen molar-refractivity contribution < 1.29 is 19.1 Å². The van der Waals surface area contributed by atoms with Crippen LogP contribution in [0.25, 0.3) is 0 Å². The van der Waals surface area contributed by atoms with Crippen molar-refractivity contribution >= 4 is 11.9 Å². The Kier molecular flexibility index (Phi) is 6.85. The lowest BCUT2D eigenvalue weighted by molar-refractivity contribution is 0.00622. The quantitative estimate of drug-likeness (QED) is 0.615. The molecule has 27 heavy (non-hydrogen) atoms. The van der Waals surface area contributed by atoms with Gasteiger partial charge in [-0.3, -0.25) is 0 Å².